The van der Waals surface area contributed by atoms with E-state index in [2.05, 4.69) is 20.4 Å². The number of methoxy groups -OCH3 is 1. The fourth-order valence-corrected chi connectivity index (χ4v) is 6.37. The number of carbonyl (C=O) groups is 2. The number of hydrogen-bond donors (Lipinski definition) is 3. The van der Waals surface area contributed by atoms with Crippen LogP contribution in [0.1, 0.15) is 47.3 Å². The normalized spacial score (nSPS) is 15.0. The molecule has 0 spiro atoms. The quantitative estimate of drug-likeness (QED) is 0.191. The predicted molar refractivity (Wildman–Crippen MR) is 137 cm³/mol. The Labute approximate surface area is 218 Å². The minimum Gasteiger partial charge on any atom is -0.469 e. The molecule has 1 aliphatic rings. The van der Waals surface area contributed by atoms with E-state index in [1.165, 1.54) is 17.5 Å². The second-order valence-electron chi connectivity index (χ2n) is 8.58. The van der Waals surface area contributed by atoms with Gasteiger partial charge >= 0.3 is 5.97 Å². The first kappa shape index (κ1) is 28.9. The number of nitrogens with zero attached hydrogens (tertiary/aromatic N) is 2. The van der Waals surface area contributed by atoms with E-state index in [0.29, 0.717) is 63.4 Å². The Kier molecular flexibility index (Phi) is 10.3. The summed E-state index contributed by atoms with van der Waals surface area (Å²) in [4.78, 5) is 27.8. The van der Waals surface area contributed by atoms with Crippen molar-refractivity contribution in [3.63, 3.8) is 0 Å². The van der Waals surface area contributed by atoms with E-state index < -0.39 is 33.0 Å². The van der Waals surface area contributed by atoms with E-state index in [-0.39, 0.29) is 28.5 Å². The van der Waals surface area contributed by atoms with E-state index in [1.807, 2.05) is 0 Å². The Balaban J connectivity index is 1.45. The van der Waals surface area contributed by atoms with Gasteiger partial charge < -0.3 is 21.1 Å². The van der Waals surface area contributed by atoms with Crippen LogP contribution >= 0.6 is 11.3 Å². The van der Waals surface area contributed by atoms with Crippen molar-refractivity contribution in [1.29, 1.82) is 0 Å². The number of piperidine rings is 1. The zero-order valence-electron chi connectivity index (χ0n) is 20.5. The van der Waals surface area contributed by atoms with Crippen LogP contribution in [0.25, 0.3) is 0 Å². The molecule has 0 bridgehead atoms. The topological polar surface area (TPSA) is 144 Å². The van der Waals surface area contributed by atoms with Gasteiger partial charge in [0, 0.05) is 25.6 Å². The summed E-state index contributed by atoms with van der Waals surface area (Å²) >= 11 is 0.907. The molecule has 1 fully saturated rings. The maximum absolute atomic E-state index is 14.0. The highest BCUT2D eigenvalue weighted by molar-refractivity contribution is 7.89. The molecule has 0 radical (unpaired) electrons. The van der Waals surface area contributed by atoms with Crippen LogP contribution in [0.5, 0.6) is 0 Å². The van der Waals surface area contributed by atoms with E-state index in [9.17, 15) is 26.8 Å². The molecule has 2 heterocycles. The van der Waals surface area contributed by atoms with Crippen molar-refractivity contribution in [1.82, 2.24) is 14.6 Å². The van der Waals surface area contributed by atoms with Crippen LogP contribution in [0, 0.1) is 11.6 Å². The number of halogens is 2. The number of nitrogens with one attached hydrogen (secondary N) is 2. The van der Waals surface area contributed by atoms with Gasteiger partial charge in [-0.2, -0.15) is 0 Å². The number of esters is 1. The van der Waals surface area contributed by atoms with Crippen molar-refractivity contribution in [3.05, 3.63) is 40.3 Å². The SMILES string of the molecule is COC(=O)CCCNCCCS(=O)(=O)N1CCC(Nc2nc(N)c(C(=O)c3c(F)cccc3F)s2)CC1. The first-order valence-corrected chi connectivity index (χ1v) is 14.3. The number of aromatic nitrogens is 1. The molecule has 1 aromatic carbocycles. The van der Waals surface area contributed by atoms with Crippen LogP contribution in [0.4, 0.5) is 19.7 Å². The molecule has 3 rings (SSSR count). The van der Waals surface area contributed by atoms with Crippen molar-refractivity contribution in [2.45, 2.75) is 38.1 Å². The maximum Gasteiger partial charge on any atom is 0.305 e. The van der Waals surface area contributed by atoms with Crippen molar-refractivity contribution in [2.75, 3.05) is 50.1 Å². The van der Waals surface area contributed by atoms with Crippen molar-refractivity contribution >= 4 is 44.1 Å². The number of rotatable bonds is 13. The minimum absolute atomic E-state index is 0.0240. The van der Waals surface area contributed by atoms with Gasteiger partial charge in [-0.05, 0) is 50.9 Å². The third-order valence-electron chi connectivity index (χ3n) is 5.94. The number of carbonyl (C=O) groups excluding carboxylic acids is 2. The van der Waals surface area contributed by atoms with Crippen LogP contribution in [0.15, 0.2) is 18.2 Å². The largest absolute Gasteiger partial charge is 0.469 e. The van der Waals surface area contributed by atoms with Crippen LogP contribution in [0.3, 0.4) is 0 Å². The van der Waals surface area contributed by atoms with Crippen molar-refractivity contribution in [3.8, 4) is 0 Å². The monoisotopic (exact) mass is 559 g/mol. The molecule has 0 amide bonds. The van der Waals surface area contributed by atoms with Gasteiger partial charge in [0.1, 0.15) is 22.3 Å². The summed E-state index contributed by atoms with van der Waals surface area (Å²) in [6.07, 6.45) is 2.45. The summed E-state index contributed by atoms with van der Waals surface area (Å²) in [6, 6.07) is 3.07. The lowest BCUT2D eigenvalue weighted by atomic mass is 10.1. The maximum atomic E-state index is 14.0. The van der Waals surface area contributed by atoms with Crippen molar-refractivity contribution in [2.24, 2.45) is 0 Å². The average Bonchev–Trinajstić information content (AvgIpc) is 3.23. The smallest absolute Gasteiger partial charge is 0.305 e. The van der Waals surface area contributed by atoms with Gasteiger partial charge in [0.2, 0.25) is 15.8 Å². The summed E-state index contributed by atoms with van der Waals surface area (Å²) in [7, 11) is -2.06. The fourth-order valence-electron chi connectivity index (χ4n) is 3.93. The molecule has 1 aliphatic heterocycles. The van der Waals surface area contributed by atoms with E-state index >= 15 is 0 Å². The number of sulfonamides is 1. The zero-order chi connectivity index (χ0) is 27.0. The molecule has 14 heteroatoms. The minimum atomic E-state index is -3.40. The first-order chi connectivity index (χ1) is 17.6. The average molecular weight is 560 g/mol. The van der Waals surface area contributed by atoms with Crippen LogP contribution in [-0.2, 0) is 19.6 Å². The third-order valence-corrected chi connectivity index (χ3v) is 8.90. The molecule has 1 aromatic heterocycles. The van der Waals surface area contributed by atoms with Gasteiger partial charge in [-0.3, -0.25) is 9.59 Å². The second kappa shape index (κ2) is 13.2. The number of ether oxygens (including phenoxy) is 1. The number of hydrogen-bond acceptors (Lipinski definition) is 10. The Morgan fingerprint density at radius 3 is 2.49 bits per heavy atom. The van der Waals surface area contributed by atoms with Crippen molar-refractivity contribution < 1.29 is 31.5 Å². The molecule has 1 saturated heterocycles. The highest BCUT2D eigenvalue weighted by Gasteiger charge is 2.29. The fraction of sp³-hybridized carbons (Fsp3) is 0.522. The Hall–Kier alpha value is -2.68. The Morgan fingerprint density at radius 1 is 1.19 bits per heavy atom. The molecule has 204 valence electrons. The highest BCUT2D eigenvalue weighted by Crippen LogP contribution is 2.30. The van der Waals surface area contributed by atoms with Gasteiger partial charge in [-0.1, -0.05) is 17.4 Å². The molecule has 0 unspecified atom stereocenters. The number of anilines is 2. The Morgan fingerprint density at radius 2 is 1.84 bits per heavy atom. The number of nitrogens with two attached hydrogens (primary N) is 1. The summed E-state index contributed by atoms with van der Waals surface area (Å²) in [5.74, 6) is -3.20. The first-order valence-electron chi connectivity index (χ1n) is 11.9. The number of nitrogen functional groups attached to an aromatic ring is 1. The van der Waals surface area contributed by atoms with E-state index in [0.717, 1.165) is 23.5 Å². The van der Waals surface area contributed by atoms with Crippen LogP contribution in [0.2, 0.25) is 0 Å². The van der Waals surface area contributed by atoms with E-state index in [4.69, 9.17) is 5.73 Å². The lowest BCUT2D eigenvalue weighted by Gasteiger charge is -2.31. The summed E-state index contributed by atoms with van der Waals surface area (Å²) in [6.45, 7) is 1.80. The molecule has 10 nitrogen and oxygen atoms in total. The Bertz CT molecular complexity index is 1180. The predicted octanol–water partition coefficient (Wildman–Crippen LogP) is 2.37. The molecule has 2 aromatic rings. The molecule has 0 atom stereocenters. The molecule has 0 saturated carbocycles. The third kappa shape index (κ3) is 7.90. The molecule has 4 N–H and O–H groups in total. The van der Waals surface area contributed by atoms with E-state index in [1.54, 1.807) is 0 Å². The molecule has 37 heavy (non-hydrogen) atoms. The van der Waals surface area contributed by atoms with Gasteiger partial charge in [0.15, 0.2) is 5.13 Å². The van der Waals surface area contributed by atoms with Gasteiger partial charge in [0.05, 0.1) is 18.4 Å². The summed E-state index contributed by atoms with van der Waals surface area (Å²) in [5, 5.41) is 6.61. The number of ketones is 1. The summed E-state index contributed by atoms with van der Waals surface area (Å²) < 4.78 is 59.4. The van der Waals surface area contributed by atoms with Gasteiger partial charge in [-0.15, -0.1) is 0 Å². The van der Waals surface area contributed by atoms with Crippen LogP contribution in [-0.4, -0.2) is 74.5 Å². The lowest BCUT2D eigenvalue weighted by Crippen LogP contribution is -2.43. The molecular formula is C23H31F2N5O5S2. The second-order valence-corrected chi connectivity index (χ2v) is 11.7. The number of benzene rings is 1. The lowest BCUT2D eigenvalue weighted by molar-refractivity contribution is -0.140. The van der Waals surface area contributed by atoms with Crippen LogP contribution < -0.4 is 16.4 Å². The zero-order valence-corrected chi connectivity index (χ0v) is 22.1. The van der Waals surface area contributed by atoms with Gasteiger partial charge in [0.25, 0.3) is 0 Å². The highest BCUT2D eigenvalue weighted by atomic mass is 32.2. The standard InChI is InChI=1S/C23H31F2N5O5S2/c1-35-18(31)7-3-10-27-11-4-14-37(33,34)30-12-8-15(9-13-30)28-23-29-22(26)21(36-23)20(32)19-16(24)5-2-6-17(19)25/h2,5-6,15,27H,3-4,7-14,26H2,1H3,(H,28,29). The molecule has 0 aliphatic carbocycles. The molecular weight excluding hydrogens is 528 g/mol. The van der Waals surface area contributed by atoms with Gasteiger partial charge in [-0.25, -0.2) is 26.5 Å². The number of thiazole rings is 1. The summed E-state index contributed by atoms with van der Waals surface area (Å²) in [5.41, 5.74) is 5.17.